The van der Waals surface area contributed by atoms with Gasteiger partial charge in [-0.15, -0.1) is 0 Å². The molecule has 2 aromatic rings. The minimum absolute atomic E-state index is 0.362. The zero-order valence-corrected chi connectivity index (χ0v) is 15.4. The molecule has 2 N–H and O–H groups in total. The van der Waals surface area contributed by atoms with Crippen molar-refractivity contribution < 1.29 is 14.3 Å². The van der Waals surface area contributed by atoms with Crippen LogP contribution in [0.3, 0.4) is 0 Å². The quantitative estimate of drug-likeness (QED) is 0.624. The molecular weight excluding hydrogens is 348 g/mol. The third kappa shape index (κ3) is 4.03. The minimum atomic E-state index is -0.389. The summed E-state index contributed by atoms with van der Waals surface area (Å²) >= 11 is 5.22. The van der Waals surface area contributed by atoms with Crippen molar-refractivity contribution in [1.82, 2.24) is 10.6 Å². The van der Waals surface area contributed by atoms with Crippen LogP contribution in [0, 0.1) is 0 Å². The van der Waals surface area contributed by atoms with Gasteiger partial charge in [0.2, 0.25) is 0 Å². The fourth-order valence-corrected chi connectivity index (χ4v) is 3.09. The summed E-state index contributed by atoms with van der Waals surface area (Å²) in [4.78, 5) is 12.2. The predicted octanol–water partition coefficient (Wildman–Crippen LogP) is 3.23. The first-order valence-corrected chi connectivity index (χ1v) is 8.62. The monoisotopic (exact) mass is 368 g/mol. The summed E-state index contributed by atoms with van der Waals surface area (Å²) in [5, 5.41) is 6.57. The molecule has 1 aliphatic rings. The van der Waals surface area contributed by atoms with Gasteiger partial charge in [-0.25, -0.2) is 4.79 Å². The molecule has 5 nitrogen and oxygen atoms in total. The highest BCUT2D eigenvalue weighted by Crippen LogP contribution is 2.28. The minimum Gasteiger partial charge on any atom is -0.489 e. The van der Waals surface area contributed by atoms with E-state index in [4.69, 9.17) is 21.7 Å². The maximum atomic E-state index is 12.2. The van der Waals surface area contributed by atoms with E-state index in [1.807, 2.05) is 61.5 Å². The molecule has 0 amide bonds. The summed E-state index contributed by atoms with van der Waals surface area (Å²) in [5.74, 6) is 0.369. The Balaban J connectivity index is 1.77. The van der Waals surface area contributed by atoms with E-state index in [1.54, 1.807) is 0 Å². The van der Waals surface area contributed by atoms with Gasteiger partial charge in [-0.05, 0) is 42.4 Å². The summed E-state index contributed by atoms with van der Waals surface area (Å²) < 4.78 is 10.7. The molecule has 134 valence electrons. The fourth-order valence-electron chi connectivity index (χ4n) is 2.82. The van der Waals surface area contributed by atoms with Gasteiger partial charge in [-0.3, -0.25) is 0 Å². The number of methoxy groups -OCH3 is 1. The average molecular weight is 368 g/mol. The molecule has 0 spiro atoms. The number of nitrogens with one attached hydrogen (secondary N) is 2. The van der Waals surface area contributed by atoms with E-state index in [0.29, 0.717) is 23.0 Å². The lowest BCUT2D eigenvalue weighted by Gasteiger charge is -2.29. The summed E-state index contributed by atoms with van der Waals surface area (Å²) in [6, 6.07) is 17.2. The number of carbonyl (C=O) groups is 1. The lowest BCUT2D eigenvalue weighted by molar-refractivity contribution is -0.136. The Morgan fingerprint density at radius 2 is 1.81 bits per heavy atom. The number of rotatable bonds is 5. The van der Waals surface area contributed by atoms with E-state index >= 15 is 0 Å². The van der Waals surface area contributed by atoms with Crippen LogP contribution < -0.4 is 15.4 Å². The first-order chi connectivity index (χ1) is 12.6. The van der Waals surface area contributed by atoms with Gasteiger partial charge in [-0.2, -0.15) is 0 Å². The molecule has 0 aromatic heterocycles. The van der Waals surface area contributed by atoms with E-state index in [1.165, 1.54) is 7.11 Å². The Hall–Kier alpha value is -2.86. The van der Waals surface area contributed by atoms with Crippen molar-refractivity contribution >= 4 is 23.3 Å². The van der Waals surface area contributed by atoms with Gasteiger partial charge in [0, 0.05) is 5.70 Å². The van der Waals surface area contributed by atoms with E-state index in [0.717, 1.165) is 16.9 Å². The van der Waals surface area contributed by atoms with Crippen molar-refractivity contribution in [2.24, 2.45) is 0 Å². The zero-order valence-electron chi connectivity index (χ0n) is 14.6. The molecule has 0 aliphatic carbocycles. The van der Waals surface area contributed by atoms with Crippen molar-refractivity contribution in [1.29, 1.82) is 0 Å². The van der Waals surface area contributed by atoms with Gasteiger partial charge in [0.1, 0.15) is 12.4 Å². The SMILES string of the molecule is COC(=O)C1=C(C)NC(=S)N[C@@H]1c1ccc(OCc2ccccc2)cc1. The molecule has 26 heavy (non-hydrogen) atoms. The van der Waals surface area contributed by atoms with Crippen LogP contribution in [0.15, 0.2) is 65.9 Å². The van der Waals surface area contributed by atoms with Crippen molar-refractivity contribution in [3.63, 3.8) is 0 Å². The summed E-state index contributed by atoms with van der Waals surface area (Å²) in [7, 11) is 1.37. The molecule has 1 heterocycles. The largest absolute Gasteiger partial charge is 0.489 e. The number of ether oxygens (including phenoxy) is 2. The fraction of sp³-hybridized carbons (Fsp3) is 0.200. The highest BCUT2D eigenvalue weighted by molar-refractivity contribution is 7.80. The maximum absolute atomic E-state index is 12.2. The molecule has 0 radical (unpaired) electrons. The van der Waals surface area contributed by atoms with Crippen molar-refractivity contribution in [2.45, 2.75) is 19.6 Å². The van der Waals surface area contributed by atoms with Crippen LogP contribution >= 0.6 is 12.2 Å². The molecule has 0 unspecified atom stereocenters. The van der Waals surface area contributed by atoms with E-state index in [-0.39, 0.29) is 12.0 Å². The van der Waals surface area contributed by atoms with E-state index in [9.17, 15) is 4.79 Å². The van der Waals surface area contributed by atoms with Crippen LogP contribution in [0.1, 0.15) is 24.1 Å². The second kappa shape index (κ2) is 8.01. The van der Waals surface area contributed by atoms with Crippen LogP contribution in [0.2, 0.25) is 0 Å². The Morgan fingerprint density at radius 1 is 1.12 bits per heavy atom. The lowest BCUT2D eigenvalue weighted by Crippen LogP contribution is -2.45. The molecule has 0 bridgehead atoms. The molecular formula is C20H20N2O3S. The number of hydrogen-bond donors (Lipinski definition) is 2. The van der Waals surface area contributed by atoms with Gasteiger partial charge >= 0.3 is 5.97 Å². The standard InChI is InChI=1S/C20H20N2O3S/c1-13-17(19(23)24-2)18(22-20(26)21-13)15-8-10-16(11-9-15)25-12-14-6-4-3-5-7-14/h3-11,18H,12H2,1-2H3,(H2,21,22,26)/t18-/m1/s1. The zero-order chi connectivity index (χ0) is 18.5. The summed E-state index contributed by atoms with van der Waals surface area (Å²) in [6.07, 6.45) is 0. The summed E-state index contributed by atoms with van der Waals surface area (Å²) in [5.41, 5.74) is 3.21. The van der Waals surface area contributed by atoms with Crippen LogP contribution in [0.4, 0.5) is 0 Å². The number of hydrogen-bond acceptors (Lipinski definition) is 4. The Bertz CT molecular complexity index is 832. The van der Waals surface area contributed by atoms with Gasteiger partial charge in [-0.1, -0.05) is 42.5 Å². The highest BCUT2D eigenvalue weighted by atomic mass is 32.1. The second-order valence-electron chi connectivity index (χ2n) is 5.91. The first-order valence-electron chi connectivity index (χ1n) is 8.22. The Morgan fingerprint density at radius 3 is 2.46 bits per heavy atom. The highest BCUT2D eigenvalue weighted by Gasteiger charge is 2.30. The van der Waals surface area contributed by atoms with Crippen molar-refractivity contribution in [2.75, 3.05) is 7.11 Å². The van der Waals surface area contributed by atoms with Crippen LogP contribution in [-0.2, 0) is 16.1 Å². The topological polar surface area (TPSA) is 59.6 Å². The number of benzene rings is 2. The molecule has 1 atom stereocenters. The van der Waals surface area contributed by atoms with Crippen LogP contribution in [0.25, 0.3) is 0 Å². The number of allylic oxidation sites excluding steroid dienone is 1. The Kier molecular flexibility index (Phi) is 5.53. The summed E-state index contributed by atoms with van der Waals surface area (Å²) in [6.45, 7) is 2.31. The van der Waals surface area contributed by atoms with E-state index in [2.05, 4.69) is 10.6 Å². The number of esters is 1. The molecule has 2 aromatic carbocycles. The van der Waals surface area contributed by atoms with E-state index < -0.39 is 0 Å². The van der Waals surface area contributed by atoms with Gasteiger partial charge < -0.3 is 20.1 Å². The second-order valence-corrected chi connectivity index (χ2v) is 6.31. The molecule has 3 rings (SSSR count). The molecule has 0 fully saturated rings. The number of carbonyl (C=O) groups excluding carboxylic acids is 1. The molecule has 0 saturated carbocycles. The molecule has 0 saturated heterocycles. The first kappa shape index (κ1) is 17.9. The third-order valence-electron chi connectivity index (χ3n) is 4.14. The normalized spacial score (nSPS) is 16.5. The van der Waals surface area contributed by atoms with Crippen LogP contribution in [0.5, 0.6) is 5.75 Å². The van der Waals surface area contributed by atoms with Crippen LogP contribution in [-0.4, -0.2) is 18.2 Å². The Labute approximate surface area is 158 Å². The third-order valence-corrected chi connectivity index (χ3v) is 4.36. The average Bonchev–Trinajstić information content (AvgIpc) is 2.66. The van der Waals surface area contributed by atoms with Crippen molar-refractivity contribution in [3.8, 4) is 5.75 Å². The lowest BCUT2D eigenvalue weighted by atomic mass is 9.95. The molecule has 6 heteroatoms. The maximum Gasteiger partial charge on any atom is 0.337 e. The van der Waals surface area contributed by atoms with Gasteiger partial charge in [0.15, 0.2) is 5.11 Å². The van der Waals surface area contributed by atoms with Gasteiger partial charge in [0.05, 0.1) is 18.7 Å². The number of thiocarbonyl (C=S) groups is 1. The van der Waals surface area contributed by atoms with Gasteiger partial charge in [0.25, 0.3) is 0 Å². The molecule has 1 aliphatic heterocycles. The predicted molar refractivity (Wildman–Crippen MR) is 104 cm³/mol. The van der Waals surface area contributed by atoms with Crippen molar-refractivity contribution in [3.05, 3.63) is 77.0 Å². The smallest absolute Gasteiger partial charge is 0.337 e.